The Morgan fingerprint density at radius 1 is 1.12 bits per heavy atom. The van der Waals surface area contributed by atoms with Gasteiger partial charge < -0.3 is 0 Å². The third kappa shape index (κ3) is 2.12. The first kappa shape index (κ1) is 10.4. The molecule has 0 saturated heterocycles. The molecule has 1 heterocycles. The van der Waals surface area contributed by atoms with Crippen LogP contribution in [0, 0.1) is 12.3 Å². The van der Waals surface area contributed by atoms with E-state index in [4.69, 9.17) is 6.42 Å². The maximum Gasteiger partial charge on any atom is 0.0702 e. The molecule has 0 spiro atoms. The quantitative estimate of drug-likeness (QED) is 0.687. The third-order valence-corrected chi connectivity index (χ3v) is 2.61. The Labute approximate surface area is 96.2 Å². The average Bonchev–Trinajstić information content (AvgIpc) is 2.39. The molecule has 16 heavy (non-hydrogen) atoms. The van der Waals surface area contributed by atoms with Crippen molar-refractivity contribution >= 4 is 0 Å². The summed E-state index contributed by atoms with van der Waals surface area (Å²) in [4.78, 5) is 4.42. The minimum atomic E-state index is 0.123. The van der Waals surface area contributed by atoms with Gasteiger partial charge in [0.1, 0.15) is 0 Å². The second kappa shape index (κ2) is 4.63. The van der Waals surface area contributed by atoms with E-state index in [2.05, 4.69) is 10.9 Å². The molecule has 0 saturated carbocycles. The monoisotopic (exact) mass is 207 g/mol. The highest BCUT2D eigenvalue weighted by Crippen LogP contribution is 2.19. The molecule has 0 aliphatic heterocycles. The third-order valence-electron chi connectivity index (χ3n) is 2.61. The molecule has 2 rings (SSSR count). The van der Waals surface area contributed by atoms with Crippen molar-refractivity contribution in [1.82, 2.24) is 4.98 Å². The summed E-state index contributed by atoms with van der Waals surface area (Å²) in [6, 6.07) is 14.2. The van der Waals surface area contributed by atoms with Crippen LogP contribution in [0.5, 0.6) is 0 Å². The molecule has 0 amide bonds. The molecule has 0 aliphatic rings. The van der Waals surface area contributed by atoms with Gasteiger partial charge in [-0.3, -0.25) is 4.98 Å². The zero-order chi connectivity index (χ0) is 11.4. The molecule has 1 heteroatoms. The number of benzene rings is 1. The van der Waals surface area contributed by atoms with E-state index in [1.807, 2.05) is 55.6 Å². The summed E-state index contributed by atoms with van der Waals surface area (Å²) >= 11 is 0. The van der Waals surface area contributed by atoms with Crippen molar-refractivity contribution < 1.29 is 0 Å². The summed E-state index contributed by atoms with van der Waals surface area (Å²) in [5, 5.41) is 0. The molecule has 1 unspecified atom stereocenters. The molecular weight excluding hydrogens is 194 g/mol. The summed E-state index contributed by atoms with van der Waals surface area (Å²) < 4.78 is 0. The van der Waals surface area contributed by atoms with Crippen LogP contribution in [0.3, 0.4) is 0 Å². The number of hydrogen-bond donors (Lipinski definition) is 0. The number of nitrogens with zero attached hydrogens (tertiary/aromatic N) is 1. The number of pyridine rings is 1. The Hall–Kier alpha value is -2.07. The molecule has 0 N–H and O–H groups in total. The van der Waals surface area contributed by atoms with E-state index in [1.54, 1.807) is 0 Å². The molecule has 78 valence electrons. The standard InChI is InChI=1S/C15H13N/c1-3-12(2)14-9-10-15(16-11-14)13-7-5-4-6-8-13/h1,4-12H,2H3. The maximum absolute atomic E-state index is 5.38. The van der Waals surface area contributed by atoms with Crippen molar-refractivity contribution in [2.24, 2.45) is 0 Å². The highest BCUT2D eigenvalue weighted by Gasteiger charge is 2.03. The average molecular weight is 207 g/mol. The van der Waals surface area contributed by atoms with Crippen molar-refractivity contribution in [2.75, 3.05) is 0 Å². The number of aromatic nitrogens is 1. The van der Waals surface area contributed by atoms with Crippen molar-refractivity contribution in [3.05, 3.63) is 54.2 Å². The molecular formula is C15H13N. The van der Waals surface area contributed by atoms with E-state index in [9.17, 15) is 0 Å². The van der Waals surface area contributed by atoms with Crippen LogP contribution in [0.4, 0.5) is 0 Å². The Morgan fingerprint density at radius 3 is 2.44 bits per heavy atom. The molecule has 0 aliphatic carbocycles. The van der Waals surface area contributed by atoms with Gasteiger partial charge in [0.25, 0.3) is 0 Å². The van der Waals surface area contributed by atoms with Crippen LogP contribution in [-0.2, 0) is 0 Å². The maximum atomic E-state index is 5.38. The van der Waals surface area contributed by atoms with Gasteiger partial charge in [0.2, 0.25) is 0 Å². The van der Waals surface area contributed by atoms with Gasteiger partial charge in [-0.2, -0.15) is 0 Å². The summed E-state index contributed by atoms with van der Waals surface area (Å²) in [6.07, 6.45) is 7.23. The van der Waals surface area contributed by atoms with Crippen LogP contribution in [0.15, 0.2) is 48.7 Å². The SMILES string of the molecule is C#CC(C)c1ccc(-c2ccccc2)nc1. The van der Waals surface area contributed by atoms with Gasteiger partial charge in [-0.1, -0.05) is 42.3 Å². The van der Waals surface area contributed by atoms with Gasteiger partial charge >= 0.3 is 0 Å². The Kier molecular flexibility index (Phi) is 3.03. The van der Waals surface area contributed by atoms with E-state index in [1.165, 1.54) is 0 Å². The minimum absolute atomic E-state index is 0.123. The minimum Gasteiger partial charge on any atom is -0.256 e. The molecule has 0 radical (unpaired) electrons. The van der Waals surface area contributed by atoms with E-state index < -0.39 is 0 Å². The van der Waals surface area contributed by atoms with Crippen LogP contribution >= 0.6 is 0 Å². The van der Waals surface area contributed by atoms with Crippen LogP contribution in [0.2, 0.25) is 0 Å². The number of hydrogen-bond acceptors (Lipinski definition) is 1. The fourth-order valence-corrected chi connectivity index (χ4v) is 1.54. The largest absolute Gasteiger partial charge is 0.256 e. The van der Waals surface area contributed by atoms with Crippen LogP contribution in [0.1, 0.15) is 18.4 Å². The van der Waals surface area contributed by atoms with Crippen molar-refractivity contribution in [2.45, 2.75) is 12.8 Å². The van der Waals surface area contributed by atoms with Gasteiger partial charge in [-0.25, -0.2) is 0 Å². The van der Waals surface area contributed by atoms with Gasteiger partial charge in [-0.15, -0.1) is 6.42 Å². The second-order valence-corrected chi connectivity index (χ2v) is 3.73. The molecule has 0 fully saturated rings. The van der Waals surface area contributed by atoms with Crippen LogP contribution in [0.25, 0.3) is 11.3 Å². The number of rotatable bonds is 2. The van der Waals surface area contributed by atoms with Gasteiger partial charge in [-0.05, 0) is 18.6 Å². The van der Waals surface area contributed by atoms with Crippen LogP contribution < -0.4 is 0 Å². The first-order chi connectivity index (χ1) is 7.81. The predicted octanol–water partition coefficient (Wildman–Crippen LogP) is 3.49. The van der Waals surface area contributed by atoms with E-state index in [0.717, 1.165) is 16.8 Å². The van der Waals surface area contributed by atoms with Gasteiger partial charge in [0.15, 0.2) is 0 Å². The molecule has 1 aromatic carbocycles. The predicted molar refractivity (Wildman–Crippen MR) is 66.9 cm³/mol. The summed E-state index contributed by atoms with van der Waals surface area (Å²) in [6.45, 7) is 2.00. The van der Waals surface area contributed by atoms with Gasteiger partial charge in [0.05, 0.1) is 5.69 Å². The molecule has 1 atom stereocenters. The first-order valence-corrected chi connectivity index (χ1v) is 5.29. The van der Waals surface area contributed by atoms with Crippen molar-refractivity contribution in [1.29, 1.82) is 0 Å². The smallest absolute Gasteiger partial charge is 0.0702 e. The van der Waals surface area contributed by atoms with Crippen LogP contribution in [-0.4, -0.2) is 4.98 Å². The lowest BCUT2D eigenvalue weighted by Crippen LogP contribution is -1.91. The van der Waals surface area contributed by atoms with E-state index in [0.29, 0.717) is 0 Å². The lowest BCUT2D eigenvalue weighted by atomic mass is 10.0. The zero-order valence-electron chi connectivity index (χ0n) is 9.22. The fraction of sp³-hybridized carbons (Fsp3) is 0.133. The van der Waals surface area contributed by atoms with Gasteiger partial charge in [0, 0.05) is 17.7 Å². The molecule has 2 aromatic rings. The van der Waals surface area contributed by atoms with E-state index in [-0.39, 0.29) is 5.92 Å². The summed E-state index contributed by atoms with van der Waals surface area (Å²) in [5.74, 6) is 2.82. The highest BCUT2D eigenvalue weighted by molar-refractivity contribution is 5.58. The summed E-state index contributed by atoms with van der Waals surface area (Å²) in [7, 11) is 0. The fourth-order valence-electron chi connectivity index (χ4n) is 1.54. The molecule has 1 nitrogen and oxygen atoms in total. The first-order valence-electron chi connectivity index (χ1n) is 5.29. The van der Waals surface area contributed by atoms with Crippen molar-refractivity contribution in [3.63, 3.8) is 0 Å². The summed E-state index contributed by atoms with van der Waals surface area (Å²) in [5.41, 5.74) is 3.19. The molecule has 1 aromatic heterocycles. The zero-order valence-corrected chi connectivity index (χ0v) is 9.22. The highest BCUT2D eigenvalue weighted by atomic mass is 14.7. The lowest BCUT2D eigenvalue weighted by Gasteiger charge is -2.05. The van der Waals surface area contributed by atoms with E-state index >= 15 is 0 Å². The van der Waals surface area contributed by atoms with Crippen molar-refractivity contribution in [3.8, 4) is 23.6 Å². The second-order valence-electron chi connectivity index (χ2n) is 3.73. The lowest BCUT2D eigenvalue weighted by molar-refractivity contribution is 0.990. The Balaban J connectivity index is 2.31. The topological polar surface area (TPSA) is 12.9 Å². The Bertz CT molecular complexity index is 491. The number of terminal acetylenes is 1. The normalized spacial score (nSPS) is 11.8. The molecule has 0 bridgehead atoms. The Morgan fingerprint density at radius 2 is 1.88 bits per heavy atom.